The normalized spacial score (nSPS) is 13.9. The average Bonchev–Trinajstić information content (AvgIpc) is 2.36. The molecule has 0 aliphatic rings. The Labute approximate surface area is 117 Å². The van der Waals surface area contributed by atoms with Crippen molar-refractivity contribution in [2.45, 2.75) is 37.2 Å². The van der Waals surface area contributed by atoms with Gasteiger partial charge in [0.25, 0.3) is 0 Å². The van der Waals surface area contributed by atoms with Crippen LogP contribution in [0.15, 0.2) is 29.2 Å². The van der Waals surface area contributed by atoms with E-state index in [-0.39, 0.29) is 11.9 Å². The minimum Gasteiger partial charge on any atom is -0.341 e. The molecular weight excluding hydrogens is 260 g/mol. The maximum absolute atomic E-state index is 11.8. The summed E-state index contributed by atoms with van der Waals surface area (Å²) in [6.07, 6.45) is 2.83. The first-order valence-electron chi connectivity index (χ1n) is 6.32. The summed E-state index contributed by atoms with van der Waals surface area (Å²) in [4.78, 5) is 14.3. The van der Waals surface area contributed by atoms with Crippen molar-refractivity contribution in [3.05, 3.63) is 29.8 Å². The van der Waals surface area contributed by atoms with Crippen LogP contribution < -0.4 is 5.73 Å². The highest BCUT2D eigenvalue weighted by molar-refractivity contribution is 7.84. The van der Waals surface area contributed by atoms with E-state index in [1.54, 1.807) is 18.2 Å². The second-order valence-corrected chi connectivity index (χ2v) is 6.24. The number of benzene rings is 1. The molecule has 1 aromatic rings. The number of nitrogens with zero attached hydrogens (tertiary/aromatic N) is 1. The van der Waals surface area contributed by atoms with Crippen molar-refractivity contribution in [2.75, 3.05) is 13.3 Å². The maximum atomic E-state index is 11.8. The molecule has 0 bridgehead atoms. The van der Waals surface area contributed by atoms with E-state index in [1.165, 1.54) is 0 Å². The van der Waals surface area contributed by atoms with Gasteiger partial charge in [0.2, 0.25) is 5.91 Å². The molecule has 2 N–H and O–H groups in total. The molecule has 0 saturated carbocycles. The first kappa shape index (κ1) is 15.9. The average molecular weight is 282 g/mol. The van der Waals surface area contributed by atoms with Gasteiger partial charge in [0, 0.05) is 48.0 Å². The first-order chi connectivity index (χ1) is 8.90. The number of hydrogen-bond acceptors (Lipinski definition) is 3. The summed E-state index contributed by atoms with van der Waals surface area (Å²) in [6.45, 7) is 2.46. The van der Waals surface area contributed by atoms with Crippen LogP contribution in [0.25, 0.3) is 0 Å². The lowest BCUT2D eigenvalue weighted by atomic mass is 10.1. The van der Waals surface area contributed by atoms with Gasteiger partial charge in [0.05, 0.1) is 0 Å². The number of amides is 1. The molecule has 0 spiro atoms. The van der Waals surface area contributed by atoms with Gasteiger partial charge in [-0.15, -0.1) is 0 Å². The predicted molar refractivity (Wildman–Crippen MR) is 78.1 cm³/mol. The van der Waals surface area contributed by atoms with Crippen LogP contribution in [0.5, 0.6) is 0 Å². The smallest absolute Gasteiger partial charge is 0.222 e. The molecule has 0 saturated heterocycles. The third-order valence-electron chi connectivity index (χ3n) is 2.91. The Morgan fingerprint density at radius 3 is 2.42 bits per heavy atom. The monoisotopic (exact) mass is 282 g/mol. The Morgan fingerprint density at radius 2 is 1.95 bits per heavy atom. The predicted octanol–water partition coefficient (Wildman–Crippen LogP) is 1.51. The van der Waals surface area contributed by atoms with E-state index in [0.717, 1.165) is 10.5 Å². The zero-order valence-corrected chi connectivity index (χ0v) is 12.6. The molecule has 0 heterocycles. The maximum Gasteiger partial charge on any atom is 0.222 e. The van der Waals surface area contributed by atoms with Crippen molar-refractivity contribution in [3.8, 4) is 0 Å². The van der Waals surface area contributed by atoms with E-state index in [1.807, 2.05) is 31.2 Å². The molecule has 19 heavy (non-hydrogen) atoms. The highest BCUT2D eigenvalue weighted by Crippen LogP contribution is 2.10. The van der Waals surface area contributed by atoms with E-state index in [2.05, 4.69) is 0 Å². The van der Waals surface area contributed by atoms with Crippen LogP contribution in [0.1, 0.15) is 25.3 Å². The molecular formula is C14H22N2O2S. The minimum absolute atomic E-state index is 0.0520. The molecule has 5 heteroatoms. The topological polar surface area (TPSA) is 63.4 Å². The molecule has 106 valence electrons. The molecule has 4 nitrogen and oxygen atoms in total. The van der Waals surface area contributed by atoms with Crippen molar-refractivity contribution >= 4 is 16.7 Å². The van der Waals surface area contributed by atoms with E-state index in [4.69, 9.17) is 5.73 Å². The van der Waals surface area contributed by atoms with Gasteiger partial charge in [-0.2, -0.15) is 0 Å². The Morgan fingerprint density at radius 1 is 1.37 bits per heavy atom. The van der Waals surface area contributed by atoms with Crippen LogP contribution in [0.3, 0.4) is 0 Å². The fourth-order valence-corrected chi connectivity index (χ4v) is 2.21. The van der Waals surface area contributed by atoms with Crippen molar-refractivity contribution in [1.29, 1.82) is 0 Å². The van der Waals surface area contributed by atoms with Crippen LogP contribution >= 0.6 is 0 Å². The standard InChI is InChI=1S/C14H22N2O2S/c1-11(15)4-9-14(17)16(2)10-12-5-7-13(8-6-12)19(3)18/h5-8,11H,4,9-10,15H2,1-3H3. The van der Waals surface area contributed by atoms with Crippen LogP contribution in [0.4, 0.5) is 0 Å². The van der Waals surface area contributed by atoms with Crippen molar-refractivity contribution < 1.29 is 9.00 Å². The molecule has 2 atom stereocenters. The van der Waals surface area contributed by atoms with Crippen LogP contribution in [0, 0.1) is 0 Å². The highest BCUT2D eigenvalue weighted by atomic mass is 32.2. The van der Waals surface area contributed by atoms with Gasteiger partial charge in [-0.1, -0.05) is 12.1 Å². The van der Waals surface area contributed by atoms with Gasteiger partial charge in [0.15, 0.2) is 0 Å². The molecule has 1 rings (SSSR count). The molecule has 0 aromatic heterocycles. The zero-order valence-electron chi connectivity index (χ0n) is 11.8. The Balaban J connectivity index is 2.54. The van der Waals surface area contributed by atoms with E-state index in [0.29, 0.717) is 19.4 Å². The Kier molecular flexibility index (Phi) is 6.18. The second-order valence-electron chi connectivity index (χ2n) is 4.86. The lowest BCUT2D eigenvalue weighted by Gasteiger charge is -2.18. The van der Waals surface area contributed by atoms with Crippen LogP contribution in [-0.2, 0) is 22.1 Å². The Bertz CT molecular complexity index is 443. The summed E-state index contributed by atoms with van der Waals surface area (Å²) in [5.74, 6) is 0.0976. The number of rotatable bonds is 6. The third-order valence-corrected chi connectivity index (χ3v) is 3.85. The molecule has 0 aliphatic carbocycles. The van der Waals surface area contributed by atoms with E-state index < -0.39 is 10.8 Å². The highest BCUT2D eigenvalue weighted by Gasteiger charge is 2.10. The molecule has 2 unspecified atom stereocenters. The van der Waals surface area contributed by atoms with Crippen molar-refractivity contribution in [1.82, 2.24) is 4.90 Å². The molecule has 0 aliphatic heterocycles. The second kappa shape index (κ2) is 7.40. The number of hydrogen-bond donors (Lipinski definition) is 1. The fourth-order valence-electron chi connectivity index (χ4n) is 1.69. The van der Waals surface area contributed by atoms with Gasteiger partial charge in [-0.25, -0.2) is 0 Å². The number of carbonyl (C=O) groups is 1. The van der Waals surface area contributed by atoms with Gasteiger partial charge in [-0.3, -0.25) is 9.00 Å². The summed E-state index contributed by atoms with van der Waals surface area (Å²) in [7, 11) is 0.826. The minimum atomic E-state index is -0.961. The van der Waals surface area contributed by atoms with Gasteiger partial charge < -0.3 is 10.6 Å². The van der Waals surface area contributed by atoms with Gasteiger partial charge in [0.1, 0.15) is 0 Å². The molecule has 0 radical (unpaired) electrons. The molecule has 1 amide bonds. The van der Waals surface area contributed by atoms with Gasteiger partial charge >= 0.3 is 0 Å². The third kappa shape index (κ3) is 5.53. The summed E-state index contributed by atoms with van der Waals surface area (Å²) in [5.41, 5.74) is 6.67. The van der Waals surface area contributed by atoms with E-state index in [9.17, 15) is 9.00 Å². The van der Waals surface area contributed by atoms with Crippen LogP contribution in [0.2, 0.25) is 0 Å². The first-order valence-corrected chi connectivity index (χ1v) is 7.88. The SMILES string of the molecule is CC(N)CCC(=O)N(C)Cc1ccc(S(C)=O)cc1. The summed E-state index contributed by atoms with van der Waals surface area (Å²) in [6, 6.07) is 7.55. The summed E-state index contributed by atoms with van der Waals surface area (Å²) in [5, 5.41) is 0. The molecule has 1 aromatic carbocycles. The van der Waals surface area contributed by atoms with Crippen molar-refractivity contribution in [3.63, 3.8) is 0 Å². The summed E-state index contributed by atoms with van der Waals surface area (Å²) < 4.78 is 11.3. The largest absolute Gasteiger partial charge is 0.341 e. The Hall–Kier alpha value is -1.20. The number of carbonyl (C=O) groups excluding carboxylic acids is 1. The lowest BCUT2D eigenvalue weighted by Crippen LogP contribution is -2.27. The number of nitrogens with two attached hydrogens (primary N) is 1. The lowest BCUT2D eigenvalue weighted by molar-refractivity contribution is -0.130. The van der Waals surface area contributed by atoms with Crippen LogP contribution in [-0.4, -0.2) is 34.4 Å². The van der Waals surface area contributed by atoms with E-state index >= 15 is 0 Å². The quantitative estimate of drug-likeness (QED) is 0.860. The zero-order chi connectivity index (χ0) is 14.4. The van der Waals surface area contributed by atoms with Crippen molar-refractivity contribution in [2.24, 2.45) is 5.73 Å². The molecule has 0 fully saturated rings. The fraction of sp³-hybridized carbons (Fsp3) is 0.500. The van der Waals surface area contributed by atoms with Gasteiger partial charge in [-0.05, 0) is 31.0 Å². The summed E-state index contributed by atoms with van der Waals surface area (Å²) >= 11 is 0.